The van der Waals surface area contributed by atoms with Gasteiger partial charge in [-0.2, -0.15) is 0 Å². The summed E-state index contributed by atoms with van der Waals surface area (Å²) in [6.07, 6.45) is 2.24. The Morgan fingerprint density at radius 2 is 1.25 bits per heavy atom. The van der Waals surface area contributed by atoms with Crippen molar-refractivity contribution in [2.45, 2.75) is 114 Å². The quantitative estimate of drug-likeness (QED) is 0.405. The average molecular weight is 453 g/mol. The molecule has 0 radical (unpaired) electrons. The third-order valence-corrected chi connectivity index (χ3v) is 6.26. The van der Waals surface area contributed by atoms with E-state index in [2.05, 4.69) is 24.5 Å². The fourth-order valence-corrected chi connectivity index (χ4v) is 5.60. The molecule has 0 saturated heterocycles. The van der Waals surface area contributed by atoms with Crippen molar-refractivity contribution in [1.29, 1.82) is 0 Å². The van der Waals surface area contributed by atoms with Gasteiger partial charge in [-0.15, -0.1) is 0 Å². The zero-order valence-electron chi connectivity index (χ0n) is 22.6. The van der Waals surface area contributed by atoms with Crippen LogP contribution in [0.15, 0.2) is 0 Å². The van der Waals surface area contributed by atoms with Crippen LogP contribution < -0.4 is 10.6 Å². The van der Waals surface area contributed by atoms with Gasteiger partial charge in [-0.3, -0.25) is 14.4 Å². The molecule has 0 aliphatic carbocycles. The van der Waals surface area contributed by atoms with E-state index in [-0.39, 0.29) is 40.1 Å². The molecule has 2 atom stereocenters. The molecule has 0 spiro atoms. The number of hydrogen-bond acceptors (Lipinski definition) is 5. The third-order valence-electron chi connectivity index (χ3n) is 6.26. The summed E-state index contributed by atoms with van der Waals surface area (Å²) in [7, 11) is 1.77. The number of rotatable bonds is 14. The van der Waals surface area contributed by atoms with Crippen LogP contribution >= 0.6 is 0 Å². The van der Waals surface area contributed by atoms with Crippen molar-refractivity contribution in [1.82, 2.24) is 10.6 Å². The van der Waals surface area contributed by atoms with Gasteiger partial charge in [0.15, 0.2) is 5.78 Å². The van der Waals surface area contributed by atoms with Gasteiger partial charge in [0.2, 0.25) is 5.91 Å². The monoisotopic (exact) mass is 452 g/mol. The molecule has 0 aromatic carbocycles. The molecule has 6 nitrogen and oxygen atoms in total. The van der Waals surface area contributed by atoms with Crippen molar-refractivity contribution in [3.8, 4) is 0 Å². The first kappa shape index (κ1) is 30.4. The van der Waals surface area contributed by atoms with Crippen LogP contribution in [0.2, 0.25) is 0 Å². The zero-order chi connectivity index (χ0) is 25.7. The molecule has 0 rings (SSSR count). The number of nitrogens with one attached hydrogen (secondary N) is 2. The molecule has 0 aliphatic rings. The first-order valence-electron chi connectivity index (χ1n) is 11.6. The fourth-order valence-electron chi connectivity index (χ4n) is 5.60. The lowest BCUT2D eigenvalue weighted by molar-refractivity contribution is -0.137. The molecule has 0 aromatic rings. The van der Waals surface area contributed by atoms with Crippen LogP contribution in [-0.4, -0.2) is 42.4 Å². The summed E-state index contributed by atoms with van der Waals surface area (Å²) in [6, 6.07) is -0.901. The summed E-state index contributed by atoms with van der Waals surface area (Å²) in [5.74, 6) is -0.0756. The second-order valence-electron chi connectivity index (χ2n) is 12.6. The van der Waals surface area contributed by atoms with Crippen molar-refractivity contribution in [2.75, 3.05) is 7.05 Å². The van der Waals surface area contributed by atoms with Gasteiger partial charge in [-0.05, 0) is 63.3 Å². The van der Waals surface area contributed by atoms with Crippen molar-refractivity contribution < 1.29 is 19.2 Å². The largest absolute Gasteiger partial charge is 0.345 e. The molecular weight excluding hydrogens is 404 g/mol. The molecule has 2 unspecified atom stereocenters. The van der Waals surface area contributed by atoms with E-state index in [4.69, 9.17) is 0 Å². The number of ketones is 3. The van der Waals surface area contributed by atoms with E-state index in [1.54, 1.807) is 20.9 Å². The van der Waals surface area contributed by atoms with E-state index in [0.717, 1.165) is 0 Å². The predicted octanol–water partition coefficient (Wildman–Crippen LogP) is 4.49. The van der Waals surface area contributed by atoms with E-state index in [1.165, 1.54) is 6.92 Å². The van der Waals surface area contributed by atoms with Gasteiger partial charge >= 0.3 is 0 Å². The van der Waals surface area contributed by atoms with Crippen LogP contribution in [0.1, 0.15) is 102 Å². The van der Waals surface area contributed by atoms with E-state index < -0.39 is 16.9 Å². The maximum atomic E-state index is 13.3. The maximum Gasteiger partial charge on any atom is 0.226 e. The average Bonchev–Trinajstić information content (AvgIpc) is 2.53. The second-order valence-corrected chi connectivity index (χ2v) is 12.6. The number of Topliss-reactive ketones (excluding diaryl/α,β-unsaturated/α-hetero) is 3. The molecule has 1 amide bonds. The Bertz CT molecular complexity index is 705. The van der Waals surface area contributed by atoms with Crippen LogP contribution in [0.5, 0.6) is 0 Å². The van der Waals surface area contributed by atoms with Crippen LogP contribution in [0.4, 0.5) is 0 Å². The Morgan fingerprint density at radius 1 is 0.750 bits per heavy atom. The van der Waals surface area contributed by atoms with E-state index in [1.807, 2.05) is 41.5 Å². The minimum atomic E-state index is -0.725. The van der Waals surface area contributed by atoms with Crippen LogP contribution in [0.3, 0.4) is 0 Å². The molecule has 186 valence electrons. The van der Waals surface area contributed by atoms with Gasteiger partial charge in [-0.1, -0.05) is 55.4 Å². The van der Waals surface area contributed by atoms with Crippen molar-refractivity contribution in [3.05, 3.63) is 0 Å². The molecule has 6 heteroatoms. The molecular formula is C26H48N2O4. The summed E-state index contributed by atoms with van der Waals surface area (Å²) in [4.78, 5) is 49.4. The van der Waals surface area contributed by atoms with Crippen molar-refractivity contribution in [2.24, 2.45) is 21.7 Å². The SMILES string of the molecule is CNC(CC(C)(C)CC(C)(C)C(=O)NC(C(C)=O)C(C)(C)CC(C)(C)CC(C)=O)C(C)=O. The molecule has 32 heavy (non-hydrogen) atoms. The van der Waals surface area contributed by atoms with Crippen LogP contribution in [0, 0.1) is 21.7 Å². The maximum absolute atomic E-state index is 13.3. The lowest BCUT2D eigenvalue weighted by Crippen LogP contribution is -2.54. The lowest BCUT2D eigenvalue weighted by Gasteiger charge is -2.41. The molecule has 0 fully saturated rings. The Labute approximate surface area is 196 Å². The zero-order valence-corrected chi connectivity index (χ0v) is 22.6. The smallest absolute Gasteiger partial charge is 0.226 e. The van der Waals surface area contributed by atoms with E-state index >= 15 is 0 Å². The van der Waals surface area contributed by atoms with E-state index in [0.29, 0.717) is 25.7 Å². The Hall–Kier alpha value is -1.56. The molecule has 0 aliphatic heterocycles. The standard InChI is InChI=1S/C26H48N2O4/c1-17(29)13-23(4,5)15-25(8,9)21(19(3)31)28-22(32)26(10,11)16-24(6,7)14-20(27-12)18(2)30/h20-21,27H,13-16H2,1-12H3,(H,28,32). The summed E-state index contributed by atoms with van der Waals surface area (Å²) >= 11 is 0. The molecule has 0 bridgehead atoms. The number of carbonyl (C=O) groups is 4. The first-order valence-corrected chi connectivity index (χ1v) is 11.6. The fraction of sp³-hybridized carbons (Fsp3) is 0.846. The minimum absolute atomic E-state index is 0.0781. The van der Waals surface area contributed by atoms with Crippen molar-refractivity contribution >= 4 is 23.3 Å². The first-order chi connectivity index (χ1) is 14.2. The summed E-state index contributed by atoms with van der Waals surface area (Å²) < 4.78 is 0. The Balaban J connectivity index is 5.56. The predicted molar refractivity (Wildman–Crippen MR) is 130 cm³/mol. The molecule has 0 saturated carbocycles. The highest BCUT2D eigenvalue weighted by Crippen LogP contribution is 2.41. The second kappa shape index (κ2) is 11.0. The number of carbonyl (C=O) groups excluding carboxylic acids is 4. The Morgan fingerprint density at radius 3 is 1.62 bits per heavy atom. The number of amides is 1. The highest BCUT2D eigenvalue weighted by molar-refractivity contribution is 5.90. The normalized spacial score (nSPS) is 15.1. The lowest BCUT2D eigenvalue weighted by atomic mass is 9.68. The van der Waals surface area contributed by atoms with Gasteiger partial charge in [0.1, 0.15) is 11.6 Å². The van der Waals surface area contributed by atoms with Gasteiger partial charge in [0.05, 0.1) is 12.1 Å². The number of likely N-dealkylation sites (N-methyl/N-ethyl adjacent to an activating group) is 1. The van der Waals surface area contributed by atoms with Gasteiger partial charge in [0.25, 0.3) is 0 Å². The topological polar surface area (TPSA) is 92.3 Å². The summed E-state index contributed by atoms with van der Waals surface area (Å²) in [5, 5.41) is 6.09. The van der Waals surface area contributed by atoms with Gasteiger partial charge in [-0.25, -0.2) is 0 Å². The highest BCUT2D eigenvalue weighted by atomic mass is 16.2. The molecule has 0 aromatic heterocycles. The Kier molecular flexibility index (Phi) is 10.5. The third kappa shape index (κ3) is 9.93. The summed E-state index contributed by atoms with van der Waals surface area (Å²) in [5.41, 5.74) is -1.78. The van der Waals surface area contributed by atoms with Gasteiger partial charge in [0, 0.05) is 11.8 Å². The highest BCUT2D eigenvalue weighted by Gasteiger charge is 2.42. The van der Waals surface area contributed by atoms with Crippen LogP contribution in [-0.2, 0) is 19.2 Å². The molecule has 0 heterocycles. The minimum Gasteiger partial charge on any atom is -0.345 e. The molecule has 2 N–H and O–H groups in total. The number of hydrogen-bond donors (Lipinski definition) is 2. The van der Waals surface area contributed by atoms with E-state index in [9.17, 15) is 19.2 Å². The van der Waals surface area contributed by atoms with Gasteiger partial charge < -0.3 is 15.4 Å². The van der Waals surface area contributed by atoms with Crippen LogP contribution in [0.25, 0.3) is 0 Å². The van der Waals surface area contributed by atoms with Crippen molar-refractivity contribution in [3.63, 3.8) is 0 Å². The summed E-state index contributed by atoms with van der Waals surface area (Å²) in [6.45, 7) is 20.5.